The minimum atomic E-state index is -0.490. The van der Waals surface area contributed by atoms with E-state index in [4.69, 9.17) is 9.47 Å². The number of hydrogen-bond acceptors (Lipinski definition) is 4. The van der Waals surface area contributed by atoms with E-state index in [0.717, 1.165) is 44.1 Å². The molecule has 212 valence electrons. The molecule has 2 amide bonds. The van der Waals surface area contributed by atoms with Crippen LogP contribution in [0.15, 0.2) is 18.2 Å². The molecule has 0 bridgehead atoms. The van der Waals surface area contributed by atoms with Gasteiger partial charge in [0.15, 0.2) is 0 Å². The predicted octanol–water partition coefficient (Wildman–Crippen LogP) is 9.58. The van der Waals surface area contributed by atoms with Crippen molar-refractivity contribution in [3.63, 3.8) is 0 Å². The molecule has 0 radical (unpaired) electrons. The maximum atomic E-state index is 12.7. The Morgan fingerprint density at radius 1 is 0.703 bits per heavy atom. The first-order valence-electron chi connectivity index (χ1n) is 14.0. The summed E-state index contributed by atoms with van der Waals surface area (Å²) in [7, 11) is 0. The van der Waals surface area contributed by atoms with Crippen molar-refractivity contribution in [2.45, 2.75) is 115 Å². The Kier molecular flexibility index (Phi) is 12.0. The van der Waals surface area contributed by atoms with E-state index >= 15 is 0 Å². The Labute approximate surface area is 226 Å². The number of amides is 2. The molecule has 0 fully saturated rings. The second-order valence-corrected chi connectivity index (χ2v) is 13.3. The van der Waals surface area contributed by atoms with Crippen molar-refractivity contribution in [1.82, 2.24) is 0 Å². The van der Waals surface area contributed by atoms with Gasteiger partial charge in [-0.2, -0.15) is 0 Å². The first kappa shape index (κ1) is 32.8. The van der Waals surface area contributed by atoms with Gasteiger partial charge in [-0.25, -0.2) is 9.59 Å². The van der Waals surface area contributed by atoms with Crippen LogP contribution in [0.2, 0.25) is 0 Å². The number of nitrogens with one attached hydrogen (secondary N) is 2. The fraction of sp³-hybridized carbons (Fsp3) is 0.742. The van der Waals surface area contributed by atoms with Gasteiger partial charge in [0.05, 0.1) is 13.2 Å². The third kappa shape index (κ3) is 11.4. The van der Waals surface area contributed by atoms with Crippen molar-refractivity contribution >= 4 is 23.6 Å². The number of benzene rings is 1. The van der Waals surface area contributed by atoms with Crippen molar-refractivity contribution in [2.75, 3.05) is 23.8 Å². The predicted molar refractivity (Wildman–Crippen MR) is 155 cm³/mol. The van der Waals surface area contributed by atoms with Crippen molar-refractivity contribution < 1.29 is 19.1 Å². The van der Waals surface area contributed by atoms with E-state index < -0.39 is 12.2 Å². The first-order chi connectivity index (χ1) is 17.0. The third-order valence-electron chi connectivity index (χ3n) is 7.55. The second kappa shape index (κ2) is 13.5. The van der Waals surface area contributed by atoms with Gasteiger partial charge in [0, 0.05) is 22.2 Å². The molecule has 0 heterocycles. The van der Waals surface area contributed by atoms with Crippen molar-refractivity contribution in [2.24, 2.45) is 21.7 Å². The zero-order valence-corrected chi connectivity index (χ0v) is 25.5. The van der Waals surface area contributed by atoms with Crippen LogP contribution in [0, 0.1) is 28.6 Å². The van der Waals surface area contributed by atoms with Crippen LogP contribution in [-0.4, -0.2) is 25.4 Å². The van der Waals surface area contributed by atoms with Gasteiger partial charge in [-0.1, -0.05) is 75.3 Å². The summed E-state index contributed by atoms with van der Waals surface area (Å²) in [5.74, 6) is 0. The highest BCUT2D eigenvalue weighted by molar-refractivity contribution is 5.89. The fourth-order valence-electron chi connectivity index (χ4n) is 5.33. The van der Waals surface area contributed by atoms with E-state index in [2.05, 4.69) is 79.9 Å². The Hall–Kier alpha value is -2.24. The largest absolute Gasteiger partial charge is 0.449 e. The summed E-state index contributed by atoms with van der Waals surface area (Å²) < 4.78 is 11.4. The highest BCUT2D eigenvalue weighted by Gasteiger charge is 2.34. The Morgan fingerprint density at radius 3 is 1.49 bits per heavy atom. The molecule has 0 aliphatic heterocycles. The molecule has 0 saturated heterocycles. The van der Waals surface area contributed by atoms with Crippen molar-refractivity contribution in [3.8, 4) is 0 Å². The molecule has 0 saturated carbocycles. The lowest BCUT2D eigenvalue weighted by Gasteiger charge is -2.37. The summed E-state index contributed by atoms with van der Waals surface area (Å²) in [5, 5.41) is 5.67. The summed E-state index contributed by atoms with van der Waals surface area (Å²) in [4.78, 5) is 25.3. The van der Waals surface area contributed by atoms with E-state index in [1.165, 1.54) is 0 Å². The smallest absolute Gasteiger partial charge is 0.411 e. The Bertz CT molecular complexity index is 872. The van der Waals surface area contributed by atoms with Gasteiger partial charge in [-0.05, 0) is 74.0 Å². The molecular weight excluding hydrogens is 464 g/mol. The van der Waals surface area contributed by atoms with Gasteiger partial charge in [-0.3, -0.25) is 10.6 Å². The molecule has 0 atom stereocenters. The lowest BCUT2D eigenvalue weighted by atomic mass is 9.71. The van der Waals surface area contributed by atoms with Crippen LogP contribution in [0.3, 0.4) is 0 Å². The lowest BCUT2D eigenvalue weighted by molar-refractivity contribution is 0.0526. The van der Waals surface area contributed by atoms with Crippen LogP contribution in [0.4, 0.5) is 21.0 Å². The molecule has 6 nitrogen and oxygen atoms in total. The lowest BCUT2D eigenvalue weighted by Crippen LogP contribution is -2.33. The summed E-state index contributed by atoms with van der Waals surface area (Å²) in [6, 6.07) is 5.40. The van der Waals surface area contributed by atoms with Crippen molar-refractivity contribution in [1.29, 1.82) is 0 Å². The van der Waals surface area contributed by atoms with Gasteiger partial charge in [0.25, 0.3) is 0 Å². The Balaban J connectivity index is 2.82. The average Bonchev–Trinajstić information content (AvgIpc) is 2.80. The molecule has 6 heteroatoms. The minimum Gasteiger partial charge on any atom is -0.449 e. The van der Waals surface area contributed by atoms with E-state index in [9.17, 15) is 9.59 Å². The standard InChI is InChI=1S/C31H54N2O4/c1-12-30(13-2,19-28(6,7)8)21-36-26(34)32-24-17-16-23(5)25(18-24)33-27(35)37-22-31(14-3,15-4)20-29(9,10)11/h16-18H,12-15,19-22H2,1-11H3,(H,32,34)(H,33,35). The molecule has 1 rings (SSSR count). The topological polar surface area (TPSA) is 76.7 Å². The summed E-state index contributed by atoms with van der Waals surface area (Å²) >= 11 is 0. The molecule has 0 spiro atoms. The maximum absolute atomic E-state index is 12.7. The van der Waals surface area contributed by atoms with E-state index in [0.29, 0.717) is 24.6 Å². The van der Waals surface area contributed by atoms with Crippen LogP contribution < -0.4 is 10.6 Å². The fourth-order valence-corrected chi connectivity index (χ4v) is 5.33. The summed E-state index contributed by atoms with van der Waals surface area (Å²) in [5.41, 5.74) is 2.25. The van der Waals surface area contributed by atoms with Crippen LogP contribution in [-0.2, 0) is 9.47 Å². The number of carbonyl (C=O) groups excluding carboxylic acids is 2. The highest BCUT2D eigenvalue weighted by Crippen LogP contribution is 2.40. The number of ether oxygens (including phenoxy) is 2. The molecule has 0 aromatic heterocycles. The summed E-state index contributed by atoms with van der Waals surface area (Å²) in [6.07, 6.45) is 4.77. The number of carbonyl (C=O) groups is 2. The van der Waals surface area contributed by atoms with E-state index in [1.54, 1.807) is 12.1 Å². The number of hydrogen-bond donors (Lipinski definition) is 2. The van der Waals surface area contributed by atoms with Crippen LogP contribution in [0.25, 0.3) is 0 Å². The van der Waals surface area contributed by atoms with Crippen molar-refractivity contribution in [3.05, 3.63) is 23.8 Å². The van der Waals surface area contributed by atoms with Gasteiger partial charge in [0.1, 0.15) is 0 Å². The SMILES string of the molecule is CCC(CC)(COC(=O)Nc1ccc(C)c(NC(=O)OCC(CC)(CC)CC(C)(C)C)c1)CC(C)(C)C. The van der Waals surface area contributed by atoms with Crippen LogP contribution >= 0.6 is 0 Å². The van der Waals surface area contributed by atoms with E-state index in [1.807, 2.05) is 13.0 Å². The monoisotopic (exact) mass is 518 g/mol. The summed E-state index contributed by atoms with van der Waals surface area (Å²) in [6.45, 7) is 24.6. The number of aryl methyl sites for hydroxylation is 1. The molecule has 0 aliphatic rings. The quantitative estimate of drug-likeness (QED) is 0.289. The molecule has 2 N–H and O–H groups in total. The highest BCUT2D eigenvalue weighted by atomic mass is 16.6. The molecule has 1 aromatic carbocycles. The van der Waals surface area contributed by atoms with Gasteiger partial charge in [-0.15, -0.1) is 0 Å². The van der Waals surface area contributed by atoms with Crippen LogP contribution in [0.1, 0.15) is 113 Å². The Morgan fingerprint density at radius 2 is 1.11 bits per heavy atom. The second-order valence-electron chi connectivity index (χ2n) is 13.3. The molecule has 0 unspecified atom stereocenters. The zero-order valence-electron chi connectivity index (χ0n) is 25.5. The molecule has 0 aliphatic carbocycles. The van der Waals surface area contributed by atoms with E-state index in [-0.39, 0.29) is 21.7 Å². The van der Waals surface area contributed by atoms with Gasteiger partial charge < -0.3 is 9.47 Å². The first-order valence-corrected chi connectivity index (χ1v) is 14.0. The molecule has 1 aromatic rings. The average molecular weight is 519 g/mol. The number of anilines is 2. The zero-order chi connectivity index (χ0) is 28.5. The van der Waals surface area contributed by atoms with Gasteiger partial charge >= 0.3 is 12.2 Å². The van der Waals surface area contributed by atoms with Crippen LogP contribution in [0.5, 0.6) is 0 Å². The van der Waals surface area contributed by atoms with Gasteiger partial charge in [0.2, 0.25) is 0 Å². The normalized spacial score (nSPS) is 12.7. The maximum Gasteiger partial charge on any atom is 0.411 e. The third-order valence-corrected chi connectivity index (χ3v) is 7.55. The molecule has 37 heavy (non-hydrogen) atoms. The number of rotatable bonds is 12. The minimum absolute atomic E-state index is 0.0431. The molecular formula is C31H54N2O4.